The van der Waals surface area contributed by atoms with Crippen LogP contribution in [0.5, 0.6) is 0 Å². The van der Waals surface area contributed by atoms with Crippen molar-refractivity contribution in [1.29, 1.82) is 0 Å². The van der Waals surface area contributed by atoms with E-state index in [1.165, 1.54) is 17.4 Å². The van der Waals surface area contributed by atoms with Crippen LogP contribution in [0.3, 0.4) is 0 Å². The Morgan fingerprint density at radius 2 is 2.05 bits per heavy atom. The average Bonchev–Trinajstić information content (AvgIpc) is 2.43. The van der Waals surface area contributed by atoms with Gasteiger partial charge in [0.05, 0.1) is 10.2 Å². The van der Waals surface area contributed by atoms with Gasteiger partial charge in [-0.05, 0) is 46.8 Å². The highest BCUT2D eigenvalue weighted by molar-refractivity contribution is 9.10. The highest BCUT2D eigenvalue weighted by Gasteiger charge is 2.27. The molecule has 0 radical (unpaired) electrons. The van der Waals surface area contributed by atoms with E-state index in [4.69, 9.17) is 10.5 Å². The number of halogens is 2. The molecule has 21 heavy (non-hydrogen) atoms. The summed E-state index contributed by atoms with van der Waals surface area (Å²) in [6.07, 6.45) is 1.67. The molecule has 1 aliphatic heterocycles. The maximum Gasteiger partial charge on any atom is 0.244 e. The minimum atomic E-state index is -3.74. The maximum atomic E-state index is 13.4. The predicted molar refractivity (Wildman–Crippen MR) is 81.9 cm³/mol. The molecule has 0 spiro atoms. The van der Waals surface area contributed by atoms with Gasteiger partial charge in [-0.2, -0.15) is 0 Å². The fourth-order valence-corrected chi connectivity index (χ4v) is 4.19. The Morgan fingerprint density at radius 1 is 1.43 bits per heavy atom. The Labute approximate surface area is 132 Å². The van der Waals surface area contributed by atoms with Crippen molar-refractivity contribution in [2.75, 3.05) is 32.5 Å². The lowest BCUT2D eigenvalue weighted by atomic mass is 10.0. The van der Waals surface area contributed by atoms with E-state index in [-0.39, 0.29) is 21.0 Å². The van der Waals surface area contributed by atoms with Gasteiger partial charge in [0.2, 0.25) is 10.0 Å². The highest BCUT2D eigenvalue weighted by atomic mass is 79.9. The molecule has 5 nitrogen and oxygen atoms in total. The Kier molecular flexibility index (Phi) is 5.24. The molecule has 2 N–H and O–H groups in total. The highest BCUT2D eigenvalue weighted by Crippen LogP contribution is 2.29. The number of anilines is 1. The summed E-state index contributed by atoms with van der Waals surface area (Å²) in [5.41, 5.74) is 5.57. The van der Waals surface area contributed by atoms with E-state index >= 15 is 0 Å². The summed E-state index contributed by atoms with van der Waals surface area (Å²) in [6, 6.07) is 2.22. The third-order valence-corrected chi connectivity index (χ3v) is 6.08. The summed E-state index contributed by atoms with van der Waals surface area (Å²) < 4.78 is 45.1. The van der Waals surface area contributed by atoms with Crippen molar-refractivity contribution >= 4 is 31.6 Å². The number of benzene rings is 1. The number of sulfonamides is 1. The SMILES string of the molecule is CN(CC1CCOCC1)S(=O)(=O)c1cc(Br)c(F)cc1N. The van der Waals surface area contributed by atoms with Gasteiger partial charge in [0, 0.05) is 26.8 Å². The van der Waals surface area contributed by atoms with Gasteiger partial charge in [-0.3, -0.25) is 0 Å². The van der Waals surface area contributed by atoms with Crippen LogP contribution in [-0.4, -0.2) is 39.5 Å². The Balaban J connectivity index is 2.22. The molecule has 0 unspecified atom stereocenters. The first-order valence-corrected chi connectivity index (χ1v) is 8.84. The number of hydrogen-bond acceptors (Lipinski definition) is 4. The molecule has 0 bridgehead atoms. The quantitative estimate of drug-likeness (QED) is 0.812. The lowest BCUT2D eigenvalue weighted by Crippen LogP contribution is -2.34. The zero-order valence-electron chi connectivity index (χ0n) is 11.7. The van der Waals surface area contributed by atoms with E-state index in [0.717, 1.165) is 18.9 Å². The summed E-state index contributed by atoms with van der Waals surface area (Å²) in [6.45, 7) is 1.71. The molecule has 1 heterocycles. The summed E-state index contributed by atoms with van der Waals surface area (Å²) >= 11 is 2.99. The van der Waals surface area contributed by atoms with Crippen LogP contribution in [0.15, 0.2) is 21.5 Å². The molecule has 1 aromatic rings. The Bertz CT molecular complexity index is 618. The Hall–Kier alpha value is -0.700. The zero-order valence-corrected chi connectivity index (χ0v) is 14.1. The fraction of sp³-hybridized carbons (Fsp3) is 0.538. The van der Waals surface area contributed by atoms with E-state index in [1.807, 2.05) is 0 Å². The molecule has 0 atom stereocenters. The number of ether oxygens (including phenoxy) is 1. The summed E-state index contributed by atoms with van der Waals surface area (Å²) in [7, 11) is -2.22. The van der Waals surface area contributed by atoms with Crippen LogP contribution in [0.2, 0.25) is 0 Å². The van der Waals surface area contributed by atoms with Crippen molar-refractivity contribution in [2.24, 2.45) is 5.92 Å². The van der Waals surface area contributed by atoms with Gasteiger partial charge in [0.1, 0.15) is 10.7 Å². The van der Waals surface area contributed by atoms with Gasteiger partial charge in [-0.15, -0.1) is 0 Å². The first kappa shape index (κ1) is 16.7. The largest absolute Gasteiger partial charge is 0.398 e. The molecule has 2 rings (SSSR count). The van der Waals surface area contributed by atoms with E-state index in [1.54, 1.807) is 0 Å². The lowest BCUT2D eigenvalue weighted by molar-refractivity contribution is 0.0620. The summed E-state index contributed by atoms with van der Waals surface area (Å²) in [4.78, 5) is -0.0784. The molecular weight excluding hydrogens is 363 g/mol. The van der Waals surface area contributed by atoms with Crippen LogP contribution in [-0.2, 0) is 14.8 Å². The van der Waals surface area contributed by atoms with Crippen LogP contribution in [0.25, 0.3) is 0 Å². The number of hydrogen-bond donors (Lipinski definition) is 1. The van der Waals surface area contributed by atoms with Crippen molar-refractivity contribution in [2.45, 2.75) is 17.7 Å². The van der Waals surface area contributed by atoms with Gasteiger partial charge in [-0.1, -0.05) is 0 Å². The van der Waals surface area contributed by atoms with Crippen molar-refractivity contribution in [3.63, 3.8) is 0 Å². The molecule has 0 aromatic heterocycles. The Morgan fingerprint density at radius 3 is 2.67 bits per heavy atom. The molecule has 1 saturated heterocycles. The smallest absolute Gasteiger partial charge is 0.244 e. The van der Waals surface area contributed by atoms with Gasteiger partial charge in [0.25, 0.3) is 0 Å². The van der Waals surface area contributed by atoms with Crippen LogP contribution >= 0.6 is 15.9 Å². The molecule has 8 heteroatoms. The number of nitrogen functional groups attached to an aromatic ring is 1. The van der Waals surface area contributed by atoms with Gasteiger partial charge >= 0.3 is 0 Å². The van der Waals surface area contributed by atoms with Crippen molar-refractivity contribution in [3.05, 3.63) is 22.4 Å². The second-order valence-corrected chi connectivity index (χ2v) is 8.01. The maximum absolute atomic E-state index is 13.4. The van der Waals surface area contributed by atoms with E-state index in [2.05, 4.69) is 15.9 Å². The first-order chi connectivity index (χ1) is 9.82. The van der Waals surface area contributed by atoms with Crippen molar-refractivity contribution in [3.8, 4) is 0 Å². The van der Waals surface area contributed by atoms with Gasteiger partial charge < -0.3 is 10.5 Å². The third-order valence-electron chi connectivity index (χ3n) is 3.60. The van der Waals surface area contributed by atoms with Gasteiger partial charge in [0.15, 0.2) is 0 Å². The lowest BCUT2D eigenvalue weighted by Gasteiger charge is -2.27. The standard InChI is InChI=1S/C13H18BrFN2O3S/c1-17(8-9-2-4-20-5-3-9)21(18,19)13-6-10(14)11(15)7-12(13)16/h6-7,9H,2-5,8,16H2,1H3. The molecule has 118 valence electrons. The minimum Gasteiger partial charge on any atom is -0.398 e. The molecule has 0 saturated carbocycles. The fourth-order valence-electron chi connectivity index (χ4n) is 2.33. The monoisotopic (exact) mass is 380 g/mol. The molecule has 0 amide bonds. The second-order valence-electron chi connectivity index (χ2n) is 5.15. The van der Waals surface area contributed by atoms with E-state index in [9.17, 15) is 12.8 Å². The predicted octanol–water partition coefficient (Wildman–Crippen LogP) is 2.22. The molecular formula is C13H18BrFN2O3S. The number of nitrogens with two attached hydrogens (primary N) is 1. The number of nitrogens with zero attached hydrogens (tertiary/aromatic N) is 1. The van der Waals surface area contributed by atoms with E-state index in [0.29, 0.717) is 19.8 Å². The van der Waals surface area contributed by atoms with Gasteiger partial charge in [-0.25, -0.2) is 17.1 Å². The summed E-state index contributed by atoms with van der Waals surface area (Å²) in [5, 5.41) is 0. The van der Waals surface area contributed by atoms with Crippen molar-refractivity contribution < 1.29 is 17.5 Å². The van der Waals surface area contributed by atoms with Crippen LogP contribution < -0.4 is 5.73 Å². The third kappa shape index (κ3) is 3.74. The molecule has 1 aliphatic rings. The molecule has 1 aromatic carbocycles. The summed E-state index contributed by atoms with van der Waals surface area (Å²) in [5.74, 6) is -0.317. The molecule has 0 aliphatic carbocycles. The molecule has 1 fully saturated rings. The average molecular weight is 381 g/mol. The number of rotatable bonds is 4. The first-order valence-electron chi connectivity index (χ1n) is 6.61. The van der Waals surface area contributed by atoms with Crippen LogP contribution in [0.4, 0.5) is 10.1 Å². The van der Waals surface area contributed by atoms with Crippen LogP contribution in [0.1, 0.15) is 12.8 Å². The minimum absolute atomic E-state index is 0.0784. The topological polar surface area (TPSA) is 72.6 Å². The normalized spacial score (nSPS) is 17.3. The van der Waals surface area contributed by atoms with Crippen molar-refractivity contribution in [1.82, 2.24) is 4.31 Å². The second kappa shape index (κ2) is 6.60. The zero-order chi connectivity index (χ0) is 15.6. The van der Waals surface area contributed by atoms with Crippen LogP contribution in [0, 0.1) is 11.7 Å². The van der Waals surface area contributed by atoms with E-state index < -0.39 is 15.8 Å².